The maximum Gasteiger partial charge on any atom is 0.261 e. The van der Waals surface area contributed by atoms with Gasteiger partial charge in [0.25, 0.3) is 15.9 Å². The molecule has 8 heteroatoms. The standard InChI is InChI=1S/C18H23N3O4S/c1-3-19-12-13-20-18(22)16-6-4-5-7-17(16)21-26(23,24)15-10-8-14(25-2)9-11-15/h4-11,19,21H,3,12-13H2,1-2H3,(H,20,22). The smallest absolute Gasteiger partial charge is 0.261 e. The fourth-order valence-electron chi connectivity index (χ4n) is 2.27. The summed E-state index contributed by atoms with van der Waals surface area (Å²) in [5.41, 5.74) is 0.491. The molecule has 0 aliphatic heterocycles. The summed E-state index contributed by atoms with van der Waals surface area (Å²) in [6.45, 7) is 3.88. The molecule has 0 unspecified atom stereocenters. The number of hydrogen-bond acceptors (Lipinski definition) is 5. The van der Waals surface area contributed by atoms with E-state index >= 15 is 0 Å². The van der Waals surface area contributed by atoms with Crippen molar-refractivity contribution < 1.29 is 17.9 Å². The first-order valence-corrected chi connectivity index (χ1v) is 9.71. The Balaban J connectivity index is 2.16. The van der Waals surface area contributed by atoms with Crippen LogP contribution in [0.3, 0.4) is 0 Å². The normalized spacial score (nSPS) is 11.0. The summed E-state index contributed by atoms with van der Waals surface area (Å²) in [7, 11) is -2.31. The van der Waals surface area contributed by atoms with Gasteiger partial charge in [0.1, 0.15) is 5.75 Å². The van der Waals surface area contributed by atoms with Crippen LogP contribution in [0.5, 0.6) is 5.75 Å². The Morgan fingerprint density at radius 3 is 2.38 bits per heavy atom. The summed E-state index contributed by atoms with van der Waals surface area (Å²) >= 11 is 0. The van der Waals surface area contributed by atoms with E-state index in [0.717, 1.165) is 6.54 Å². The lowest BCUT2D eigenvalue weighted by atomic mass is 10.1. The zero-order valence-electron chi connectivity index (χ0n) is 14.8. The number of hydrogen-bond donors (Lipinski definition) is 3. The van der Waals surface area contributed by atoms with Crippen LogP contribution >= 0.6 is 0 Å². The predicted octanol–water partition coefficient (Wildman–Crippen LogP) is 1.84. The Morgan fingerprint density at radius 2 is 1.73 bits per heavy atom. The molecule has 0 atom stereocenters. The lowest BCUT2D eigenvalue weighted by molar-refractivity contribution is 0.0955. The maximum absolute atomic E-state index is 12.6. The van der Waals surface area contributed by atoms with Gasteiger partial charge >= 0.3 is 0 Å². The quantitative estimate of drug-likeness (QED) is 0.580. The molecule has 140 valence electrons. The van der Waals surface area contributed by atoms with Gasteiger partial charge < -0.3 is 15.4 Å². The van der Waals surface area contributed by atoms with E-state index in [4.69, 9.17) is 4.74 Å². The summed E-state index contributed by atoms with van der Waals surface area (Å²) < 4.78 is 32.7. The molecule has 0 aromatic heterocycles. The zero-order valence-corrected chi connectivity index (χ0v) is 15.6. The Labute approximate surface area is 153 Å². The average molecular weight is 377 g/mol. The molecule has 3 N–H and O–H groups in total. The van der Waals surface area contributed by atoms with E-state index in [1.54, 1.807) is 36.4 Å². The van der Waals surface area contributed by atoms with E-state index in [1.165, 1.54) is 19.2 Å². The van der Waals surface area contributed by atoms with Gasteiger partial charge in [0.15, 0.2) is 0 Å². The number of nitrogens with one attached hydrogen (secondary N) is 3. The van der Waals surface area contributed by atoms with E-state index < -0.39 is 10.0 Å². The SMILES string of the molecule is CCNCCNC(=O)c1ccccc1NS(=O)(=O)c1ccc(OC)cc1. The number of amides is 1. The third kappa shape index (κ3) is 5.21. The minimum absolute atomic E-state index is 0.0839. The highest BCUT2D eigenvalue weighted by Crippen LogP contribution is 2.21. The Morgan fingerprint density at radius 1 is 1.04 bits per heavy atom. The van der Waals surface area contributed by atoms with E-state index in [2.05, 4.69) is 15.4 Å². The topological polar surface area (TPSA) is 96.5 Å². The molecular formula is C18H23N3O4S. The number of anilines is 1. The Bertz CT molecular complexity index is 836. The van der Waals surface area contributed by atoms with Crippen LogP contribution in [0.1, 0.15) is 17.3 Å². The van der Waals surface area contributed by atoms with Crippen molar-refractivity contribution >= 4 is 21.6 Å². The molecule has 0 spiro atoms. The lowest BCUT2D eigenvalue weighted by Gasteiger charge is -2.13. The molecule has 0 heterocycles. The van der Waals surface area contributed by atoms with Gasteiger partial charge in [-0.2, -0.15) is 0 Å². The van der Waals surface area contributed by atoms with Gasteiger partial charge in [-0.15, -0.1) is 0 Å². The van der Waals surface area contributed by atoms with Crippen LogP contribution in [0.25, 0.3) is 0 Å². The van der Waals surface area contributed by atoms with Crippen molar-refractivity contribution in [3.8, 4) is 5.75 Å². The van der Waals surface area contributed by atoms with Crippen LogP contribution in [-0.4, -0.2) is 41.1 Å². The van der Waals surface area contributed by atoms with Gasteiger partial charge in [0.2, 0.25) is 0 Å². The minimum atomic E-state index is -3.82. The van der Waals surface area contributed by atoms with Gasteiger partial charge in [-0.3, -0.25) is 9.52 Å². The first-order chi connectivity index (χ1) is 12.5. The number of likely N-dealkylation sites (N-methyl/N-ethyl adjacent to an activating group) is 1. The Kier molecular flexibility index (Phi) is 6.99. The van der Waals surface area contributed by atoms with Gasteiger partial charge in [0.05, 0.1) is 23.3 Å². The van der Waals surface area contributed by atoms with Gasteiger partial charge in [-0.25, -0.2) is 8.42 Å². The summed E-state index contributed by atoms with van der Waals surface area (Å²) in [6.07, 6.45) is 0. The first-order valence-electron chi connectivity index (χ1n) is 8.22. The van der Waals surface area contributed by atoms with Crippen LogP contribution in [0.15, 0.2) is 53.4 Å². The molecule has 0 aliphatic carbocycles. The number of rotatable bonds is 9. The molecule has 2 aromatic carbocycles. The second kappa shape index (κ2) is 9.21. The van der Waals surface area contributed by atoms with Crippen LogP contribution in [0.4, 0.5) is 5.69 Å². The Hall–Kier alpha value is -2.58. The number of ether oxygens (including phenoxy) is 1. The van der Waals surface area contributed by atoms with Crippen LogP contribution in [0, 0.1) is 0 Å². The number of carbonyl (C=O) groups excluding carboxylic acids is 1. The van der Waals surface area contributed by atoms with Crippen LogP contribution < -0.4 is 20.1 Å². The first kappa shape index (κ1) is 19.7. The molecule has 2 aromatic rings. The molecular weight excluding hydrogens is 354 g/mol. The van der Waals surface area contributed by atoms with Crippen molar-refractivity contribution in [1.29, 1.82) is 0 Å². The number of sulfonamides is 1. The van der Waals surface area contributed by atoms with Crippen molar-refractivity contribution in [3.63, 3.8) is 0 Å². The molecule has 0 bridgehead atoms. The minimum Gasteiger partial charge on any atom is -0.497 e. The van der Waals surface area contributed by atoms with E-state index in [0.29, 0.717) is 18.8 Å². The summed E-state index contributed by atoms with van der Waals surface area (Å²) in [5.74, 6) is 0.223. The van der Waals surface area contributed by atoms with Crippen LogP contribution in [-0.2, 0) is 10.0 Å². The van der Waals surface area contributed by atoms with Crippen molar-refractivity contribution in [1.82, 2.24) is 10.6 Å². The van der Waals surface area contributed by atoms with Gasteiger partial charge in [-0.05, 0) is 42.9 Å². The van der Waals surface area contributed by atoms with Gasteiger partial charge in [0, 0.05) is 13.1 Å². The second-order valence-corrected chi connectivity index (χ2v) is 7.12. The summed E-state index contributed by atoms with van der Waals surface area (Å²) in [6, 6.07) is 12.5. The lowest BCUT2D eigenvalue weighted by Crippen LogP contribution is -2.32. The second-order valence-electron chi connectivity index (χ2n) is 5.44. The predicted molar refractivity (Wildman–Crippen MR) is 101 cm³/mol. The molecule has 0 radical (unpaired) electrons. The average Bonchev–Trinajstić information content (AvgIpc) is 2.65. The number of methoxy groups -OCH3 is 1. The van der Waals surface area contributed by atoms with Crippen molar-refractivity contribution in [3.05, 3.63) is 54.1 Å². The highest BCUT2D eigenvalue weighted by atomic mass is 32.2. The zero-order chi connectivity index (χ0) is 19.0. The third-order valence-electron chi connectivity index (χ3n) is 3.62. The monoisotopic (exact) mass is 377 g/mol. The largest absolute Gasteiger partial charge is 0.497 e. The fourth-order valence-corrected chi connectivity index (χ4v) is 3.34. The molecule has 0 fully saturated rings. The molecule has 0 saturated carbocycles. The van der Waals surface area contributed by atoms with E-state index in [9.17, 15) is 13.2 Å². The van der Waals surface area contributed by atoms with Crippen molar-refractivity contribution in [2.45, 2.75) is 11.8 Å². The van der Waals surface area contributed by atoms with E-state index in [-0.39, 0.29) is 22.1 Å². The molecule has 26 heavy (non-hydrogen) atoms. The number of carbonyl (C=O) groups is 1. The molecule has 7 nitrogen and oxygen atoms in total. The van der Waals surface area contributed by atoms with Crippen LogP contribution in [0.2, 0.25) is 0 Å². The summed E-state index contributed by atoms with van der Waals surface area (Å²) in [5, 5.41) is 5.86. The molecule has 2 rings (SSSR count). The molecule has 1 amide bonds. The summed E-state index contributed by atoms with van der Waals surface area (Å²) in [4.78, 5) is 12.4. The number of benzene rings is 2. The highest BCUT2D eigenvalue weighted by Gasteiger charge is 2.18. The van der Waals surface area contributed by atoms with Crippen molar-refractivity contribution in [2.75, 3.05) is 31.5 Å². The van der Waals surface area contributed by atoms with E-state index in [1.807, 2.05) is 6.92 Å². The number of para-hydroxylation sites is 1. The molecule has 0 aliphatic rings. The van der Waals surface area contributed by atoms with Crippen molar-refractivity contribution in [2.24, 2.45) is 0 Å². The highest BCUT2D eigenvalue weighted by molar-refractivity contribution is 7.92. The molecule has 0 saturated heterocycles. The van der Waals surface area contributed by atoms with Gasteiger partial charge in [-0.1, -0.05) is 19.1 Å². The fraction of sp³-hybridized carbons (Fsp3) is 0.278. The third-order valence-corrected chi connectivity index (χ3v) is 5.00. The maximum atomic E-state index is 12.6.